The molecular weight excluding hydrogens is 281 g/mol. The fourth-order valence-electron chi connectivity index (χ4n) is 2.60. The summed E-state index contributed by atoms with van der Waals surface area (Å²) in [7, 11) is 0. The summed E-state index contributed by atoms with van der Waals surface area (Å²) < 4.78 is 37.1. The minimum Gasteiger partial charge on any atom is -0.382 e. The highest BCUT2D eigenvalue weighted by Gasteiger charge is 2.39. The number of piperazine rings is 1. The lowest BCUT2D eigenvalue weighted by molar-refractivity contribution is -0.208. The van der Waals surface area contributed by atoms with Crippen molar-refractivity contribution in [1.29, 1.82) is 0 Å². The summed E-state index contributed by atoms with van der Waals surface area (Å²) in [6, 6.07) is 6.09. The molecule has 1 unspecified atom stereocenters. The van der Waals surface area contributed by atoms with E-state index in [-0.39, 0.29) is 6.54 Å². The van der Waals surface area contributed by atoms with Gasteiger partial charge in [-0.15, -0.1) is 0 Å². The van der Waals surface area contributed by atoms with E-state index in [2.05, 4.69) is 24.8 Å². The number of aliphatic hydroxyl groups excluding tert-OH is 1. The molecule has 0 spiro atoms. The number of halogens is 3. The molecule has 2 rings (SSSR count). The van der Waals surface area contributed by atoms with Crippen LogP contribution in [-0.2, 0) is 0 Å². The summed E-state index contributed by atoms with van der Waals surface area (Å²) in [4.78, 5) is 3.86. The predicted octanol–water partition coefficient (Wildman–Crippen LogP) is 2.35. The van der Waals surface area contributed by atoms with E-state index >= 15 is 0 Å². The molecule has 1 aliphatic rings. The molecule has 1 heterocycles. The van der Waals surface area contributed by atoms with E-state index in [1.807, 2.05) is 12.1 Å². The van der Waals surface area contributed by atoms with Gasteiger partial charge in [-0.2, -0.15) is 13.2 Å². The van der Waals surface area contributed by atoms with Gasteiger partial charge in [-0.3, -0.25) is 4.90 Å². The number of aliphatic hydroxyl groups is 1. The van der Waals surface area contributed by atoms with Gasteiger partial charge in [-0.25, -0.2) is 0 Å². The normalized spacial score (nSPS) is 18.9. The van der Waals surface area contributed by atoms with E-state index < -0.39 is 12.3 Å². The smallest absolute Gasteiger partial charge is 0.382 e. The zero-order valence-corrected chi connectivity index (χ0v) is 12.3. The number of anilines is 1. The molecule has 1 aromatic carbocycles. The van der Waals surface area contributed by atoms with Crippen molar-refractivity contribution in [2.24, 2.45) is 0 Å². The summed E-state index contributed by atoms with van der Waals surface area (Å²) in [6.07, 6.45) is -6.80. The molecule has 1 atom stereocenters. The fraction of sp³-hybridized carbons (Fsp3) is 0.600. The van der Waals surface area contributed by atoms with E-state index in [9.17, 15) is 13.2 Å². The van der Waals surface area contributed by atoms with Crippen molar-refractivity contribution in [3.8, 4) is 0 Å². The zero-order valence-electron chi connectivity index (χ0n) is 12.3. The standard InChI is InChI=1S/C15H21F3N2O/c1-11-4-3-5-13(12(11)2)20-8-6-19(7-9-20)10-14(21)15(16,17)18/h3-5,14,21H,6-10H2,1-2H3. The van der Waals surface area contributed by atoms with Crippen LogP contribution >= 0.6 is 0 Å². The SMILES string of the molecule is Cc1cccc(N2CCN(CC(O)C(F)(F)F)CC2)c1C. The van der Waals surface area contributed by atoms with Gasteiger partial charge in [0.05, 0.1) is 0 Å². The summed E-state index contributed by atoms with van der Waals surface area (Å²) in [5.41, 5.74) is 3.56. The highest BCUT2D eigenvalue weighted by atomic mass is 19.4. The Morgan fingerprint density at radius 2 is 1.76 bits per heavy atom. The van der Waals surface area contributed by atoms with Gasteiger partial charge in [0.1, 0.15) is 0 Å². The Bertz CT molecular complexity index is 482. The van der Waals surface area contributed by atoms with Crippen LogP contribution in [0.3, 0.4) is 0 Å². The second kappa shape index (κ2) is 6.23. The van der Waals surface area contributed by atoms with Crippen molar-refractivity contribution in [3.63, 3.8) is 0 Å². The molecule has 0 amide bonds. The molecule has 1 saturated heterocycles. The summed E-state index contributed by atoms with van der Waals surface area (Å²) >= 11 is 0. The Balaban J connectivity index is 1.93. The zero-order chi connectivity index (χ0) is 15.6. The Morgan fingerprint density at radius 3 is 2.33 bits per heavy atom. The van der Waals surface area contributed by atoms with Crippen molar-refractivity contribution >= 4 is 5.69 Å². The maximum Gasteiger partial charge on any atom is 0.415 e. The van der Waals surface area contributed by atoms with E-state index in [0.29, 0.717) is 26.2 Å². The molecule has 0 bridgehead atoms. The Hall–Kier alpha value is -1.27. The Kier molecular flexibility index (Phi) is 4.78. The predicted molar refractivity (Wildman–Crippen MR) is 76.6 cm³/mol. The van der Waals surface area contributed by atoms with Gasteiger partial charge in [-0.1, -0.05) is 12.1 Å². The monoisotopic (exact) mass is 302 g/mol. The minimum atomic E-state index is -4.54. The molecule has 1 N–H and O–H groups in total. The lowest BCUT2D eigenvalue weighted by Crippen LogP contribution is -2.51. The van der Waals surface area contributed by atoms with E-state index in [1.165, 1.54) is 11.1 Å². The lowest BCUT2D eigenvalue weighted by Gasteiger charge is -2.37. The third-order valence-electron chi connectivity index (χ3n) is 4.10. The van der Waals surface area contributed by atoms with Crippen molar-refractivity contribution < 1.29 is 18.3 Å². The van der Waals surface area contributed by atoms with E-state index in [4.69, 9.17) is 5.11 Å². The number of rotatable bonds is 3. The number of hydrogen-bond acceptors (Lipinski definition) is 3. The molecule has 3 nitrogen and oxygen atoms in total. The van der Waals surface area contributed by atoms with Crippen LogP contribution in [0.2, 0.25) is 0 Å². The highest BCUT2D eigenvalue weighted by Crippen LogP contribution is 2.25. The quantitative estimate of drug-likeness (QED) is 0.928. The Morgan fingerprint density at radius 1 is 1.14 bits per heavy atom. The second-order valence-electron chi connectivity index (χ2n) is 5.56. The van der Waals surface area contributed by atoms with Gasteiger partial charge >= 0.3 is 6.18 Å². The summed E-state index contributed by atoms with van der Waals surface area (Å²) in [5.74, 6) is 0. The molecule has 6 heteroatoms. The van der Waals surface area contributed by atoms with Gasteiger partial charge in [-0.05, 0) is 31.0 Å². The molecule has 1 aromatic rings. The number of benzene rings is 1. The molecule has 0 saturated carbocycles. The van der Waals surface area contributed by atoms with E-state index in [1.54, 1.807) is 4.90 Å². The molecule has 0 radical (unpaired) electrons. The Labute approximate surface area is 123 Å². The number of β-amino-alcohol motifs (C(OH)–C–C–N with tert-alkyl or cyclic N) is 1. The van der Waals surface area contributed by atoms with Gasteiger partial charge in [0.15, 0.2) is 6.10 Å². The second-order valence-corrected chi connectivity index (χ2v) is 5.56. The van der Waals surface area contributed by atoms with Crippen LogP contribution in [0, 0.1) is 13.8 Å². The van der Waals surface area contributed by atoms with Crippen molar-refractivity contribution in [2.45, 2.75) is 26.1 Å². The van der Waals surface area contributed by atoms with Crippen molar-refractivity contribution in [1.82, 2.24) is 4.90 Å². The third-order valence-corrected chi connectivity index (χ3v) is 4.10. The third kappa shape index (κ3) is 3.89. The first-order valence-corrected chi connectivity index (χ1v) is 7.07. The van der Waals surface area contributed by atoms with Crippen molar-refractivity contribution in [2.75, 3.05) is 37.6 Å². The van der Waals surface area contributed by atoms with Gasteiger partial charge in [0.25, 0.3) is 0 Å². The number of aryl methyl sites for hydroxylation is 1. The number of alkyl halides is 3. The molecule has 118 valence electrons. The molecule has 1 aliphatic heterocycles. The van der Waals surface area contributed by atoms with Crippen LogP contribution in [0.5, 0.6) is 0 Å². The van der Waals surface area contributed by atoms with Crippen LogP contribution < -0.4 is 4.90 Å². The van der Waals surface area contributed by atoms with Crippen LogP contribution in [-0.4, -0.2) is 55.0 Å². The first-order chi connectivity index (χ1) is 9.79. The van der Waals surface area contributed by atoms with Crippen LogP contribution in [0.4, 0.5) is 18.9 Å². The average molecular weight is 302 g/mol. The highest BCUT2D eigenvalue weighted by molar-refractivity contribution is 5.56. The van der Waals surface area contributed by atoms with Gasteiger partial charge in [0.2, 0.25) is 0 Å². The fourth-order valence-corrected chi connectivity index (χ4v) is 2.60. The molecule has 0 aromatic heterocycles. The van der Waals surface area contributed by atoms with Crippen LogP contribution in [0.15, 0.2) is 18.2 Å². The molecule has 21 heavy (non-hydrogen) atoms. The first kappa shape index (κ1) is 16.1. The molecule has 1 fully saturated rings. The largest absolute Gasteiger partial charge is 0.415 e. The molecular formula is C15H21F3N2O. The van der Waals surface area contributed by atoms with Crippen LogP contribution in [0.25, 0.3) is 0 Å². The molecule has 0 aliphatic carbocycles. The van der Waals surface area contributed by atoms with Gasteiger partial charge < -0.3 is 10.0 Å². The average Bonchev–Trinajstić information content (AvgIpc) is 2.42. The first-order valence-electron chi connectivity index (χ1n) is 7.07. The minimum absolute atomic E-state index is 0.343. The number of nitrogens with zero attached hydrogens (tertiary/aromatic N) is 2. The summed E-state index contributed by atoms with van der Waals surface area (Å²) in [6.45, 7) is 6.17. The summed E-state index contributed by atoms with van der Waals surface area (Å²) in [5, 5.41) is 9.12. The maximum absolute atomic E-state index is 12.4. The number of hydrogen-bond donors (Lipinski definition) is 1. The topological polar surface area (TPSA) is 26.7 Å². The van der Waals surface area contributed by atoms with Gasteiger partial charge in [0, 0.05) is 38.4 Å². The van der Waals surface area contributed by atoms with Crippen LogP contribution in [0.1, 0.15) is 11.1 Å². The van der Waals surface area contributed by atoms with Crippen molar-refractivity contribution in [3.05, 3.63) is 29.3 Å². The maximum atomic E-state index is 12.4. The lowest BCUT2D eigenvalue weighted by atomic mass is 10.1. The van der Waals surface area contributed by atoms with E-state index in [0.717, 1.165) is 5.69 Å².